The minimum absolute atomic E-state index is 0.253. The Balaban J connectivity index is 2.34. The number of benzene rings is 2. The largest absolute Gasteiger partial charge is 0.494 e. The lowest BCUT2D eigenvalue weighted by Crippen LogP contribution is -2.36. The zero-order chi connectivity index (χ0) is 15.6. The fourth-order valence-corrected chi connectivity index (χ4v) is 2.44. The van der Waals surface area contributed by atoms with Crippen LogP contribution in [0.15, 0.2) is 36.4 Å². The molecule has 0 aliphatic rings. The van der Waals surface area contributed by atoms with Gasteiger partial charge < -0.3 is 10.5 Å². The van der Waals surface area contributed by atoms with Gasteiger partial charge in [0.25, 0.3) is 0 Å². The van der Waals surface area contributed by atoms with E-state index in [2.05, 4.69) is 26.0 Å². The van der Waals surface area contributed by atoms with Crippen molar-refractivity contribution in [2.45, 2.75) is 32.7 Å². The van der Waals surface area contributed by atoms with Crippen LogP contribution >= 0.6 is 0 Å². The van der Waals surface area contributed by atoms with Gasteiger partial charge in [0.05, 0.1) is 7.11 Å². The molecular weight excluding hydrogens is 265 g/mol. The van der Waals surface area contributed by atoms with E-state index in [1.165, 1.54) is 18.2 Å². The topological polar surface area (TPSA) is 35.2 Å². The quantitative estimate of drug-likeness (QED) is 0.926. The van der Waals surface area contributed by atoms with Gasteiger partial charge in [-0.3, -0.25) is 0 Å². The van der Waals surface area contributed by atoms with E-state index in [-0.39, 0.29) is 11.6 Å². The average Bonchev–Trinajstić information content (AvgIpc) is 2.44. The minimum atomic E-state index is -0.633. The molecule has 2 rings (SSSR count). The molecule has 0 saturated heterocycles. The molecule has 0 amide bonds. The summed E-state index contributed by atoms with van der Waals surface area (Å²) in [6.45, 7) is 6.05. The van der Waals surface area contributed by atoms with Crippen LogP contribution in [0, 0.1) is 19.7 Å². The fraction of sp³-hybridized carbons (Fsp3) is 0.333. The van der Waals surface area contributed by atoms with Crippen molar-refractivity contribution in [1.29, 1.82) is 0 Å². The van der Waals surface area contributed by atoms with Crippen LogP contribution in [0.25, 0.3) is 0 Å². The van der Waals surface area contributed by atoms with Gasteiger partial charge in [0, 0.05) is 5.54 Å². The first-order valence-corrected chi connectivity index (χ1v) is 7.03. The van der Waals surface area contributed by atoms with Gasteiger partial charge in [-0.2, -0.15) is 0 Å². The van der Waals surface area contributed by atoms with Crippen molar-refractivity contribution in [3.05, 3.63) is 64.5 Å². The Kier molecular flexibility index (Phi) is 4.33. The first kappa shape index (κ1) is 15.5. The van der Waals surface area contributed by atoms with Crippen LogP contribution in [0.4, 0.5) is 4.39 Å². The van der Waals surface area contributed by atoms with Gasteiger partial charge in [0.2, 0.25) is 0 Å². The summed E-state index contributed by atoms with van der Waals surface area (Å²) in [6.07, 6.45) is 0.415. The molecule has 1 unspecified atom stereocenters. The summed E-state index contributed by atoms with van der Waals surface area (Å²) in [5.74, 6) is -0.0797. The highest BCUT2D eigenvalue weighted by molar-refractivity contribution is 5.37. The van der Waals surface area contributed by atoms with Crippen LogP contribution in [-0.2, 0) is 12.0 Å². The maximum atomic E-state index is 14.3. The van der Waals surface area contributed by atoms with E-state index in [1.54, 1.807) is 18.2 Å². The van der Waals surface area contributed by atoms with Crippen LogP contribution < -0.4 is 10.5 Å². The average molecular weight is 287 g/mol. The van der Waals surface area contributed by atoms with Gasteiger partial charge >= 0.3 is 0 Å². The Bertz CT molecular complexity index is 650. The van der Waals surface area contributed by atoms with Gasteiger partial charge in [-0.05, 0) is 55.5 Å². The van der Waals surface area contributed by atoms with Gasteiger partial charge in [0.15, 0.2) is 11.6 Å². The summed E-state index contributed by atoms with van der Waals surface area (Å²) in [5, 5.41) is 0. The van der Waals surface area contributed by atoms with E-state index >= 15 is 0 Å². The van der Waals surface area contributed by atoms with Crippen molar-refractivity contribution < 1.29 is 9.13 Å². The maximum Gasteiger partial charge on any atom is 0.168 e. The number of aryl methyl sites for hydroxylation is 2. The van der Waals surface area contributed by atoms with Crippen molar-refractivity contribution in [1.82, 2.24) is 0 Å². The number of hydrogen-bond donors (Lipinski definition) is 1. The molecule has 21 heavy (non-hydrogen) atoms. The molecule has 1 atom stereocenters. The Morgan fingerprint density at radius 1 is 1.14 bits per heavy atom. The summed E-state index contributed by atoms with van der Waals surface area (Å²) in [6, 6.07) is 11.3. The Labute approximate surface area is 125 Å². The molecule has 0 heterocycles. The van der Waals surface area contributed by atoms with Crippen molar-refractivity contribution >= 4 is 0 Å². The monoisotopic (exact) mass is 287 g/mol. The summed E-state index contributed by atoms with van der Waals surface area (Å²) in [7, 11) is 1.47. The summed E-state index contributed by atoms with van der Waals surface area (Å²) < 4.78 is 19.3. The van der Waals surface area contributed by atoms with E-state index in [0.717, 1.165) is 5.56 Å². The normalized spacial score (nSPS) is 13.8. The molecule has 2 nitrogen and oxygen atoms in total. The van der Waals surface area contributed by atoms with Gasteiger partial charge in [0.1, 0.15) is 0 Å². The fourth-order valence-electron chi connectivity index (χ4n) is 2.44. The lowest BCUT2D eigenvalue weighted by Gasteiger charge is -2.26. The predicted molar refractivity (Wildman–Crippen MR) is 84.1 cm³/mol. The number of nitrogens with two attached hydrogens (primary N) is 1. The Morgan fingerprint density at radius 3 is 2.48 bits per heavy atom. The maximum absolute atomic E-state index is 14.3. The highest BCUT2D eigenvalue weighted by Gasteiger charge is 2.24. The molecule has 0 aliphatic carbocycles. The molecule has 0 fully saturated rings. The van der Waals surface area contributed by atoms with E-state index in [0.29, 0.717) is 12.0 Å². The van der Waals surface area contributed by atoms with E-state index < -0.39 is 5.54 Å². The second-order valence-corrected chi connectivity index (χ2v) is 5.83. The zero-order valence-corrected chi connectivity index (χ0v) is 13.0. The second-order valence-electron chi connectivity index (χ2n) is 5.83. The third-order valence-corrected chi connectivity index (χ3v) is 3.99. The van der Waals surface area contributed by atoms with E-state index in [9.17, 15) is 4.39 Å². The molecule has 2 aromatic carbocycles. The van der Waals surface area contributed by atoms with Crippen molar-refractivity contribution in [2.75, 3.05) is 7.11 Å². The SMILES string of the molecule is COc1cccc(CC(C)(N)c2ccc(C)c(C)c2)c1F. The molecule has 2 aromatic rings. The molecular formula is C18H22FNO. The summed E-state index contributed by atoms with van der Waals surface area (Å²) in [5.41, 5.74) is 9.80. The van der Waals surface area contributed by atoms with Crippen LogP contribution in [0.5, 0.6) is 5.75 Å². The number of halogens is 1. The predicted octanol–water partition coefficient (Wildman–Crippen LogP) is 3.87. The molecule has 0 aliphatic heterocycles. The second kappa shape index (κ2) is 5.86. The molecule has 0 aromatic heterocycles. The van der Waals surface area contributed by atoms with Gasteiger partial charge in [-0.25, -0.2) is 4.39 Å². The van der Waals surface area contributed by atoms with Crippen molar-refractivity contribution in [2.24, 2.45) is 5.73 Å². The smallest absolute Gasteiger partial charge is 0.168 e. The summed E-state index contributed by atoms with van der Waals surface area (Å²) >= 11 is 0. The molecule has 2 N–H and O–H groups in total. The minimum Gasteiger partial charge on any atom is -0.494 e. The first-order valence-electron chi connectivity index (χ1n) is 7.03. The molecule has 0 saturated carbocycles. The van der Waals surface area contributed by atoms with Crippen LogP contribution in [0.1, 0.15) is 29.2 Å². The molecule has 3 heteroatoms. The molecule has 0 spiro atoms. The Hall–Kier alpha value is -1.87. The van der Waals surface area contributed by atoms with E-state index in [1.807, 2.05) is 13.0 Å². The molecule has 112 valence electrons. The standard InChI is InChI=1S/C18H22FNO/c1-12-8-9-15(10-13(12)2)18(3,20)11-14-6-5-7-16(21-4)17(14)19/h5-10H,11,20H2,1-4H3. The van der Waals surface area contributed by atoms with Gasteiger partial charge in [-0.15, -0.1) is 0 Å². The Morgan fingerprint density at radius 2 is 1.86 bits per heavy atom. The number of methoxy groups -OCH3 is 1. The third-order valence-electron chi connectivity index (χ3n) is 3.99. The molecule has 0 radical (unpaired) electrons. The lowest BCUT2D eigenvalue weighted by atomic mass is 9.85. The number of rotatable bonds is 4. The number of hydrogen-bond acceptors (Lipinski definition) is 2. The van der Waals surface area contributed by atoms with Crippen LogP contribution in [0.2, 0.25) is 0 Å². The van der Waals surface area contributed by atoms with Crippen molar-refractivity contribution in [3.8, 4) is 5.75 Å². The highest BCUT2D eigenvalue weighted by atomic mass is 19.1. The summed E-state index contributed by atoms with van der Waals surface area (Å²) in [4.78, 5) is 0. The third kappa shape index (κ3) is 3.24. The highest BCUT2D eigenvalue weighted by Crippen LogP contribution is 2.28. The number of ether oxygens (including phenoxy) is 1. The van der Waals surface area contributed by atoms with Crippen LogP contribution in [0.3, 0.4) is 0 Å². The first-order chi connectivity index (χ1) is 9.85. The van der Waals surface area contributed by atoms with Crippen molar-refractivity contribution in [3.63, 3.8) is 0 Å². The molecule has 0 bridgehead atoms. The zero-order valence-electron chi connectivity index (χ0n) is 13.0. The van der Waals surface area contributed by atoms with E-state index in [4.69, 9.17) is 10.5 Å². The van der Waals surface area contributed by atoms with Gasteiger partial charge in [-0.1, -0.05) is 30.3 Å². The lowest BCUT2D eigenvalue weighted by molar-refractivity contribution is 0.380. The van der Waals surface area contributed by atoms with Crippen LogP contribution in [-0.4, -0.2) is 7.11 Å².